The van der Waals surface area contributed by atoms with Crippen molar-refractivity contribution >= 4 is 29.4 Å². The molecular formula is C18H25N3O5. The predicted octanol–water partition coefficient (Wildman–Crippen LogP) is 1.75. The van der Waals surface area contributed by atoms with Crippen LogP contribution in [-0.2, 0) is 23.9 Å². The number of ether oxygens (including phenoxy) is 2. The molecule has 2 rings (SSSR count). The lowest BCUT2D eigenvalue weighted by molar-refractivity contribution is -0.160. The minimum absolute atomic E-state index is 0.0934. The van der Waals surface area contributed by atoms with Gasteiger partial charge in [-0.2, -0.15) is 0 Å². The lowest BCUT2D eigenvalue weighted by atomic mass is 9.96. The first kappa shape index (κ1) is 19.7. The first-order valence-electron chi connectivity index (χ1n) is 8.53. The van der Waals surface area contributed by atoms with Gasteiger partial charge in [0.2, 0.25) is 0 Å². The summed E-state index contributed by atoms with van der Waals surface area (Å²) in [4.78, 5) is 41.1. The van der Waals surface area contributed by atoms with E-state index in [0.29, 0.717) is 31.6 Å². The number of amides is 1. The summed E-state index contributed by atoms with van der Waals surface area (Å²) in [5, 5.41) is 2.41. The quantitative estimate of drug-likeness (QED) is 0.645. The van der Waals surface area contributed by atoms with Crippen LogP contribution in [0.5, 0.6) is 0 Å². The molecular weight excluding hydrogens is 338 g/mol. The Morgan fingerprint density at radius 3 is 2.35 bits per heavy atom. The predicted molar refractivity (Wildman–Crippen MR) is 95.7 cm³/mol. The molecule has 0 atom stereocenters. The van der Waals surface area contributed by atoms with E-state index in [1.807, 2.05) is 20.8 Å². The van der Waals surface area contributed by atoms with Gasteiger partial charge in [0.1, 0.15) is 11.4 Å². The highest BCUT2D eigenvalue weighted by atomic mass is 16.6. The second kappa shape index (κ2) is 8.16. The topological polar surface area (TPSA) is 97.8 Å². The van der Waals surface area contributed by atoms with Crippen molar-refractivity contribution in [1.29, 1.82) is 0 Å². The van der Waals surface area contributed by atoms with Crippen LogP contribution in [0.1, 0.15) is 33.6 Å². The van der Waals surface area contributed by atoms with Crippen molar-refractivity contribution < 1.29 is 23.9 Å². The standard InChI is InChI=1S/C18H25N3O5/c1-18(2,3)26-16(23)12-7-9-21(10-8-12)14-6-5-13(11-19-14)20-15(22)17(24)25-4/h5-6,11-12H,7-10H2,1-4H3,(H,20,22). The number of anilines is 2. The van der Waals surface area contributed by atoms with E-state index in [0.717, 1.165) is 12.9 Å². The number of esters is 2. The summed E-state index contributed by atoms with van der Waals surface area (Å²) in [7, 11) is 1.14. The van der Waals surface area contributed by atoms with E-state index in [4.69, 9.17) is 4.74 Å². The van der Waals surface area contributed by atoms with Crippen LogP contribution in [0.2, 0.25) is 0 Å². The van der Waals surface area contributed by atoms with Gasteiger partial charge in [-0.25, -0.2) is 9.78 Å². The first-order valence-corrected chi connectivity index (χ1v) is 8.53. The third kappa shape index (κ3) is 5.44. The van der Waals surface area contributed by atoms with Gasteiger partial charge >= 0.3 is 17.8 Å². The maximum absolute atomic E-state index is 12.1. The Balaban J connectivity index is 1.88. The van der Waals surface area contributed by atoms with Gasteiger partial charge < -0.3 is 19.7 Å². The average Bonchev–Trinajstić information content (AvgIpc) is 2.60. The summed E-state index contributed by atoms with van der Waals surface area (Å²) >= 11 is 0. The number of pyridine rings is 1. The molecule has 0 unspecified atom stereocenters. The molecule has 1 aromatic rings. The molecule has 2 heterocycles. The number of hydrogen-bond acceptors (Lipinski definition) is 7. The second-order valence-electron chi connectivity index (χ2n) is 7.15. The summed E-state index contributed by atoms with van der Waals surface area (Å²) in [6, 6.07) is 3.43. The van der Waals surface area contributed by atoms with E-state index in [-0.39, 0.29) is 11.9 Å². The molecule has 1 amide bonds. The average molecular weight is 363 g/mol. The number of carbonyl (C=O) groups is 3. The molecule has 8 nitrogen and oxygen atoms in total. The highest BCUT2D eigenvalue weighted by Gasteiger charge is 2.29. The van der Waals surface area contributed by atoms with E-state index in [1.165, 1.54) is 6.20 Å². The molecule has 0 aromatic carbocycles. The van der Waals surface area contributed by atoms with Crippen LogP contribution in [-0.4, -0.2) is 48.6 Å². The zero-order chi connectivity index (χ0) is 19.3. The molecule has 0 bridgehead atoms. The molecule has 0 spiro atoms. The largest absolute Gasteiger partial charge is 0.462 e. The molecule has 1 fully saturated rings. The normalized spacial score (nSPS) is 15.3. The Hall–Kier alpha value is -2.64. The van der Waals surface area contributed by atoms with E-state index in [1.54, 1.807) is 12.1 Å². The summed E-state index contributed by atoms with van der Waals surface area (Å²) in [5.41, 5.74) is -0.0620. The smallest absolute Gasteiger partial charge is 0.396 e. The van der Waals surface area contributed by atoms with Crippen molar-refractivity contribution in [2.24, 2.45) is 5.92 Å². The first-order chi connectivity index (χ1) is 12.2. The molecule has 26 heavy (non-hydrogen) atoms. The van der Waals surface area contributed by atoms with Crippen molar-refractivity contribution in [3.63, 3.8) is 0 Å². The van der Waals surface area contributed by atoms with Crippen molar-refractivity contribution in [2.45, 2.75) is 39.2 Å². The lowest BCUT2D eigenvalue weighted by Gasteiger charge is -2.33. The van der Waals surface area contributed by atoms with Gasteiger partial charge in [-0.05, 0) is 45.7 Å². The van der Waals surface area contributed by atoms with Gasteiger partial charge in [0, 0.05) is 13.1 Å². The monoisotopic (exact) mass is 363 g/mol. The van der Waals surface area contributed by atoms with Crippen molar-refractivity contribution in [3.05, 3.63) is 18.3 Å². The van der Waals surface area contributed by atoms with Gasteiger partial charge in [0.05, 0.1) is 24.9 Å². The molecule has 142 valence electrons. The molecule has 1 aromatic heterocycles. The summed E-state index contributed by atoms with van der Waals surface area (Å²) < 4.78 is 9.79. The number of hydrogen-bond donors (Lipinski definition) is 1. The number of nitrogens with zero attached hydrogens (tertiary/aromatic N) is 2. The number of methoxy groups -OCH3 is 1. The molecule has 8 heteroatoms. The van der Waals surface area contributed by atoms with Crippen LogP contribution in [0, 0.1) is 5.92 Å². The van der Waals surface area contributed by atoms with Gasteiger partial charge in [-0.15, -0.1) is 0 Å². The lowest BCUT2D eigenvalue weighted by Crippen LogP contribution is -2.39. The molecule has 0 saturated carbocycles. The van der Waals surface area contributed by atoms with E-state index < -0.39 is 17.5 Å². The zero-order valence-electron chi connectivity index (χ0n) is 15.6. The number of rotatable bonds is 3. The maximum atomic E-state index is 12.1. The minimum atomic E-state index is -0.960. The maximum Gasteiger partial charge on any atom is 0.396 e. The molecule has 0 radical (unpaired) electrons. The Kier molecular flexibility index (Phi) is 6.18. The fourth-order valence-corrected chi connectivity index (χ4v) is 2.65. The Morgan fingerprint density at radius 2 is 1.85 bits per heavy atom. The number of piperidine rings is 1. The zero-order valence-corrected chi connectivity index (χ0v) is 15.6. The molecule has 1 saturated heterocycles. The fourth-order valence-electron chi connectivity index (χ4n) is 2.65. The summed E-state index contributed by atoms with van der Waals surface area (Å²) in [6.07, 6.45) is 2.89. The highest BCUT2D eigenvalue weighted by Crippen LogP contribution is 2.25. The molecule has 1 aliphatic heterocycles. The molecule has 1 N–H and O–H groups in total. The SMILES string of the molecule is COC(=O)C(=O)Nc1ccc(N2CCC(C(=O)OC(C)(C)C)CC2)nc1. The van der Waals surface area contributed by atoms with Crippen LogP contribution in [0.4, 0.5) is 11.5 Å². The Bertz CT molecular complexity index is 658. The van der Waals surface area contributed by atoms with Crippen LogP contribution >= 0.6 is 0 Å². The van der Waals surface area contributed by atoms with Gasteiger partial charge in [-0.1, -0.05) is 0 Å². The van der Waals surface area contributed by atoms with Crippen LogP contribution in [0.25, 0.3) is 0 Å². The van der Waals surface area contributed by atoms with E-state index in [9.17, 15) is 14.4 Å². The summed E-state index contributed by atoms with van der Waals surface area (Å²) in [6.45, 7) is 7.00. The van der Waals surface area contributed by atoms with Crippen LogP contribution in [0.15, 0.2) is 18.3 Å². The van der Waals surface area contributed by atoms with Crippen molar-refractivity contribution in [3.8, 4) is 0 Å². The van der Waals surface area contributed by atoms with E-state index >= 15 is 0 Å². The molecule has 0 aliphatic carbocycles. The van der Waals surface area contributed by atoms with Gasteiger partial charge in [0.25, 0.3) is 0 Å². The highest BCUT2D eigenvalue weighted by molar-refractivity contribution is 6.37. The fraction of sp³-hybridized carbons (Fsp3) is 0.556. The van der Waals surface area contributed by atoms with Crippen LogP contribution < -0.4 is 10.2 Å². The summed E-state index contributed by atoms with van der Waals surface area (Å²) in [5.74, 6) is -1.29. The third-order valence-electron chi connectivity index (χ3n) is 3.94. The van der Waals surface area contributed by atoms with Crippen molar-refractivity contribution in [2.75, 3.05) is 30.4 Å². The van der Waals surface area contributed by atoms with Gasteiger partial charge in [0.15, 0.2) is 0 Å². The van der Waals surface area contributed by atoms with Gasteiger partial charge in [-0.3, -0.25) is 9.59 Å². The Morgan fingerprint density at radius 1 is 1.19 bits per heavy atom. The second-order valence-corrected chi connectivity index (χ2v) is 7.15. The van der Waals surface area contributed by atoms with Crippen molar-refractivity contribution in [1.82, 2.24) is 4.98 Å². The molecule has 1 aliphatic rings. The number of nitrogens with one attached hydrogen (secondary N) is 1. The number of carbonyl (C=O) groups excluding carboxylic acids is 3. The number of aromatic nitrogens is 1. The van der Waals surface area contributed by atoms with Crippen LogP contribution in [0.3, 0.4) is 0 Å². The Labute approximate surface area is 152 Å². The third-order valence-corrected chi connectivity index (χ3v) is 3.94. The van der Waals surface area contributed by atoms with E-state index in [2.05, 4.69) is 19.9 Å². The minimum Gasteiger partial charge on any atom is -0.462 e.